The van der Waals surface area contributed by atoms with Gasteiger partial charge >= 0.3 is 0 Å². The van der Waals surface area contributed by atoms with Crippen LogP contribution in [0.3, 0.4) is 0 Å². The number of hydrogen-bond acceptors (Lipinski definition) is 0. The highest BCUT2D eigenvalue weighted by molar-refractivity contribution is 6.73. The molecular formula is C18H26Si2. The van der Waals surface area contributed by atoms with Crippen molar-refractivity contribution in [1.29, 1.82) is 0 Å². The van der Waals surface area contributed by atoms with Crippen molar-refractivity contribution in [3.63, 3.8) is 0 Å². The molecule has 0 unspecified atom stereocenters. The lowest BCUT2D eigenvalue weighted by molar-refractivity contribution is 0.687. The van der Waals surface area contributed by atoms with Crippen molar-refractivity contribution in [2.45, 2.75) is 37.8 Å². The molecule has 0 aromatic heterocycles. The van der Waals surface area contributed by atoms with Gasteiger partial charge in [-0.05, 0) is 0 Å². The van der Waals surface area contributed by atoms with E-state index in [9.17, 15) is 0 Å². The maximum atomic E-state index is 2.35. The van der Waals surface area contributed by atoms with Crippen molar-refractivity contribution >= 4 is 29.4 Å². The Morgan fingerprint density at radius 1 is 0.750 bits per heavy atom. The first kappa shape index (κ1) is 15.3. The predicted octanol–water partition coefficient (Wildman–Crippen LogP) is 2.30. The van der Waals surface area contributed by atoms with Crippen molar-refractivity contribution in [3.05, 3.63) is 60.7 Å². The summed E-state index contributed by atoms with van der Waals surface area (Å²) in [6.07, 6.45) is 5.65. The largest absolute Gasteiger partial charge is 0.0669 e. The normalized spacial score (nSPS) is 13.4. The molecule has 0 atom stereocenters. The van der Waals surface area contributed by atoms with Crippen LogP contribution in [-0.2, 0) is 0 Å². The van der Waals surface area contributed by atoms with E-state index in [1.54, 1.807) is 10.4 Å². The summed E-state index contributed by atoms with van der Waals surface area (Å²) in [6, 6.07) is 22.5. The van der Waals surface area contributed by atoms with Crippen LogP contribution in [0.5, 0.6) is 0 Å². The van der Waals surface area contributed by atoms with Gasteiger partial charge in [0.1, 0.15) is 0 Å². The molecule has 0 nitrogen and oxygen atoms in total. The van der Waals surface area contributed by atoms with Gasteiger partial charge in [0.05, 0.1) is 19.0 Å². The van der Waals surface area contributed by atoms with Crippen LogP contribution in [0.2, 0.25) is 5.16 Å². The Morgan fingerprint density at radius 3 is 1.70 bits per heavy atom. The molecule has 0 aliphatic heterocycles. The minimum absolute atomic E-state index is 0.107. The van der Waals surface area contributed by atoms with Gasteiger partial charge in [-0.25, -0.2) is 0 Å². The van der Waals surface area contributed by atoms with Crippen molar-refractivity contribution in [3.8, 4) is 0 Å². The molecule has 0 aliphatic carbocycles. The molecule has 0 spiro atoms. The molecule has 2 rings (SSSR count). The number of rotatable bonds is 8. The first-order valence-corrected chi connectivity index (χ1v) is 11.0. The second kappa shape index (κ2) is 8.93. The van der Waals surface area contributed by atoms with E-state index in [0.29, 0.717) is 0 Å². The Morgan fingerprint density at radius 2 is 1.25 bits per heavy atom. The van der Waals surface area contributed by atoms with E-state index in [4.69, 9.17) is 0 Å². The third-order valence-electron chi connectivity index (χ3n) is 3.95. The molecule has 20 heavy (non-hydrogen) atoms. The molecule has 0 heterocycles. The maximum absolute atomic E-state index is 2.35. The van der Waals surface area contributed by atoms with Gasteiger partial charge in [-0.1, -0.05) is 109 Å². The summed E-state index contributed by atoms with van der Waals surface area (Å²) in [5.41, 5.74) is 0. The smallest absolute Gasteiger partial charge is 0.0550 e. The molecular weight excluding hydrogens is 272 g/mol. The second-order valence-electron chi connectivity index (χ2n) is 5.74. The molecule has 0 aliphatic rings. The van der Waals surface area contributed by atoms with Crippen molar-refractivity contribution in [2.75, 3.05) is 0 Å². The number of benzene rings is 2. The Kier molecular flexibility index (Phi) is 6.82. The van der Waals surface area contributed by atoms with Crippen molar-refractivity contribution in [2.24, 2.45) is 0 Å². The van der Waals surface area contributed by atoms with E-state index in [2.05, 4.69) is 67.6 Å². The molecule has 2 heteroatoms. The summed E-state index contributed by atoms with van der Waals surface area (Å²) in [5.74, 6) is 0. The quantitative estimate of drug-likeness (QED) is 0.518. The summed E-state index contributed by atoms with van der Waals surface area (Å²) in [4.78, 5) is 0. The highest BCUT2D eigenvalue weighted by atomic mass is 28.3. The summed E-state index contributed by atoms with van der Waals surface area (Å²) < 4.78 is 0. The average Bonchev–Trinajstić information content (AvgIpc) is 2.49. The van der Waals surface area contributed by atoms with E-state index in [1.807, 2.05) is 0 Å². The van der Waals surface area contributed by atoms with Gasteiger partial charge in [0.2, 0.25) is 0 Å². The van der Waals surface area contributed by atoms with Crippen LogP contribution >= 0.6 is 0 Å². The third-order valence-corrected chi connectivity index (χ3v) is 9.54. The fourth-order valence-electron chi connectivity index (χ4n) is 2.85. The monoisotopic (exact) mass is 298 g/mol. The number of hydrogen-bond donors (Lipinski definition) is 0. The third kappa shape index (κ3) is 5.47. The topological polar surface area (TPSA) is 0 Å². The number of unbranched alkanes of at least 4 members (excludes halogenated alkanes) is 2. The van der Waals surface area contributed by atoms with Gasteiger partial charge in [-0.2, -0.15) is 0 Å². The van der Waals surface area contributed by atoms with E-state index in [1.165, 1.54) is 25.7 Å². The molecule has 0 fully saturated rings. The van der Waals surface area contributed by atoms with Crippen LogP contribution < -0.4 is 10.4 Å². The molecule has 0 saturated heterocycles. The van der Waals surface area contributed by atoms with Crippen LogP contribution in [0.1, 0.15) is 32.6 Å². The van der Waals surface area contributed by atoms with Gasteiger partial charge in [0.15, 0.2) is 0 Å². The van der Waals surface area contributed by atoms with Crippen LogP contribution in [-0.4, -0.2) is 19.0 Å². The lowest BCUT2D eigenvalue weighted by Crippen LogP contribution is -2.29. The molecule has 0 amide bonds. The van der Waals surface area contributed by atoms with Crippen LogP contribution in [0.4, 0.5) is 0 Å². The molecule has 2 aromatic carbocycles. The lowest BCUT2D eigenvalue weighted by Gasteiger charge is -2.16. The molecule has 0 saturated carbocycles. The van der Waals surface area contributed by atoms with Gasteiger partial charge in [-0.3, -0.25) is 0 Å². The van der Waals surface area contributed by atoms with Crippen molar-refractivity contribution < 1.29 is 0 Å². The Labute approximate surface area is 128 Å². The first-order valence-electron chi connectivity index (χ1n) is 7.96. The van der Waals surface area contributed by atoms with E-state index in [-0.39, 0.29) is 19.0 Å². The van der Waals surface area contributed by atoms with Crippen LogP contribution in [0, 0.1) is 0 Å². The minimum atomic E-state index is -0.107. The highest BCUT2D eigenvalue weighted by Gasteiger charge is 2.12. The summed E-state index contributed by atoms with van der Waals surface area (Å²) in [7, 11) is -0.215. The van der Waals surface area contributed by atoms with Gasteiger partial charge in [-0.15, -0.1) is 0 Å². The van der Waals surface area contributed by atoms with E-state index in [0.717, 1.165) is 5.16 Å². The van der Waals surface area contributed by atoms with Crippen molar-refractivity contribution in [1.82, 2.24) is 0 Å². The summed E-state index contributed by atoms with van der Waals surface area (Å²) in [5, 5.41) is 4.35. The molecule has 2 aromatic rings. The van der Waals surface area contributed by atoms with Gasteiger partial charge in [0.25, 0.3) is 0 Å². The molecule has 0 bridgehead atoms. The fourth-order valence-corrected chi connectivity index (χ4v) is 8.84. The SMILES string of the molecule is CCCCCC([SiH2]c1ccccc1)[SiH2]c1ccccc1. The Bertz CT molecular complexity index is 426. The van der Waals surface area contributed by atoms with E-state index < -0.39 is 0 Å². The highest BCUT2D eigenvalue weighted by Crippen LogP contribution is 2.13. The lowest BCUT2D eigenvalue weighted by atomic mass is 10.2. The van der Waals surface area contributed by atoms with Crippen LogP contribution in [0.15, 0.2) is 60.7 Å². The molecule has 0 radical (unpaired) electrons. The van der Waals surface area contributed by atoms with Gasteiger partial charge in [0, 0.05) is 0 Å². The fraction of sp³-hybridized carbons (Fsp3) is 0.333. The minimum Gasteiger partial charge on any atom is -0.0669 e. The zero-order chi connectivity index (χ0) is 14.0. The van der Waals surface area contributed by atoms with E-state index >= 15 is 0 Å². The molecule has 106 valence electrons. The Balaban J connectivity index is 1.96. The maximum Gasteiger partial charge on any atom is 0.0550 e. The first-order chi connectivity index (χ1) is 9.88. The predicted molar refractivity (Wildman–Crippen MR) is 97.1 cm³/mol. The zero-order valence-electron chi connectivity index (χ0n) is 12.6. The van der Waals surface area contributed by atoms with Gasteiger partial charge < -0.3 is 0 Å². The summed E-state index contributed by atoms with van der Waals surface area (Å²) >= 11 is 0. The van der Waals surface area contributed by atoms with Crippen LogP contribution in [0.25, 0.3) is 0 Å². The molecule has 0 N–H and O–H groups in total. The standard InChI is InChI=1S/C18H26Si2/c1-2-3-6-15-18(19-16-11-7-4-8-12-16)20-17-13-9-5-10-14-17/h4-5,7-14,18H,2-3,6,15,19-20H2,1H3. The zero-order valence-corrected chi connectivity index (χ0v) is 15.4. The summed E-state index contributed by atoms with van der Waals surface area (Å²) in [6.45, 7) is 2.30. The second-order valence-corrected chi connectivity index (χ2v) is 11.7. The Hall–Kier alpha value is -1.13. The average molecular weight is 299 g/mol.